The molecule has 0 unspecified atom stereocenters. The lowest BCUT2D eigenvalue weighted by Gasteiger charge is -2.37. The monoisotopic (exact) mass is 533 g/mol. The highest BCUT2D eigenvalue weighted by Crippen LogP contribution is 2.07. The maximum Gasteiger partial charge on any atom is 0.236 e. The highest BCUT2D eigenvalue weighted by molar-refractivity contribution is 14.0. The van der Waals surface area contributed by atoms with E-state index in [4.69, 9.17) is 4.74 Å². The van der Waals surface area contributed by atoms with Gasteiger partial charge in [-0.2, -0.15) is 0 Å². The lowest BCUT2D eigenvalue weighted by atomic mass is 10.2. The van der Waals surface area contributed by atoms with Gasteiger partial charge in [0.25, 0.3) is 0 Å². The predicted molar refractivity (Wildman–Crippen MR) is 128 cm³/mol. The number of nitrogens with zero attached hydrogens (tertiary/aromatic N) is 6. The molecule has 3 rings (SSSR count). The van der Waals surface area contributed by atoms with Gasteiger partial charge in [0.15, 0.2) is 5.96 Å². The molecule has 0 saturated carbocycles. The molecular formula is C20H36IN7O2. The molecule has 1 aromatic heterocycles. The number of guanidine groups is 1. The molecule has 1 aromatic rings. The molecule has 9 nitrogen and oxygen atoms in total. The first-order chi connectivity index (χ1) is 14.1. The Morgan fingerprint density at radius 3 is 2.50 bits per heavy atom. The molecule has 1 N–H and O–H groups in total. The summed E-state index contributed by atoms with van der Waals surface area (Å²) in [6.07, 6.45) is 3.89. The molecule has 0 bridgehead atoms. The average molecular weight is 533 g/mol. The summed E-state index contributed by atoms with van der Waals surface area (Å²) in [4.78, 5) is 27.8. The second-order valence-electron chi connectivity index (χ2n) is 8.05. The average Bonchev–Trinajstić information content (AvgIpc) is 3.16. The van der Waals surface area contributed by atoms with Crippen molar-refractivity contribution in [1.82, 2.24) is 29.6 Å². The van der Waals surface area contributed by atoms with E-state index in [2.05, 4.69) is 43.5 Å². The van der Waals surface area contributed by atoms with Crippen molar-refractivity contribution in [3.63, 3.8) is 0 Å². The van der Waals surface area contributed by atoms with E-state index in [1.54, 1.807) is 0 Å². The number of rotatable bonds is 6. The number of carbonyl (C=O) groups is 1. The predicted octanol–water partition coefficient (Wildman–Crippen LogP) is 0.709. The molecule has 1 amide bonds. The van der Waals surface area contributed by atoms with E-state index in [0.717, 1.165) is 44.5 Å². The Balaban J connectivity index is 0.00000320. The minimum absolute atomic E-state index is 0. The Labute approximate surface area is 196 Å². The fourth-order valence-corrected chi connectivity index (χ4v) is 3.78. The number of aromatic nitrogens is 2. The fourth-order valence-electron chi connectivity index (χ4n) is 3.78. The molecule has 0 atom stereocenters. The molecule has 2 saturated heterocycles. The van der Waals surface area contributed by atoms with Gasteiger partial charge in [0.1, 0.15) is 5.82 Å². The standard InChI is InChI=1S/C20H35N7O2.HI/c1-17(2)15-27-5-4-22-18(27)14-23-20(21-3)26-8-6-24(7-9-26)16-19(28)25-10-12-29-13-11-25;/h4-5,17H,6-16H2,1-3H3,(H,21,23);1H. The molecule has 2 fully saturated rings. The van der Waals surface area contributed by atoms with Gasteiger partial charge in [-0.15, -0.1) is 24.0 Å². The molecule has 3 heterocycles. The van der Waals surface area contributed by atoms with Crippen molar-refractivity contribution >= 4 is 35.8 Å². The van der Waals surface area contributed by atoms with Crippen LogP contribution in [0.1, 0.15) is 19.7 Å². The third-order valence-electron chi connectivity index (χ3n) is 5.37. The normalized spacial score (nSPS) is 18.5. The highest BCUT2D eigenvalue weighted by atomic mass is 127. The number of piperazine rings is 1. The quantitative estimate of drug-likeness (QED) is 0.330. The summed E-state index contributed by atoms with van der Waals surface area (Å²) in [5.41, 5.74) is 0. The van der Waals surface area contributed by atoms with E-state index in [-0.39, 0.29) is 29.9 Å². The molecule has 2 aliphatic rings. The van der Waals surface area contributed by atoms with Gasteiger partial charge in [0.05, 0.1) is 26.3 Å². The van der Waals surface area contributed by atoms with Gasteiger partial charge in [-0.1, -0.05) is 13.8 Å². The van der Waals surface area contributed by atoms with Crippen LogP contribution in [0.25, 0.3) is 0 Å². The maximum atomic E-state index is 12.4. The summed E-state index contributed by atoms with van der Waals surface area (Å²) < 4.78 is 7.52. The van der Waals surface area contributed by atoms with Crippen LogP contribution in [0.3, 0.4) is 0 Å². The van der Waals surface area contributed by atoms with Crippen molar-refractivity contribution in [1.29, 1.82) is 0 Å². The highest BCUT2D eigenvalue weighted by Gasteiger charge is 2.24. The van der Waals surface area contributed by atoms with Crippen molar-refractivity contribution in [2.45, 2.75) is 26.9 Å². The molecule has 0 aromatic carbocycles. The van der Waals surface area contributed by atoms with E-state index in [1.165, 1.54) is 0 Å². The van der Waals surface area contributed by atoms with Crippen LogP contribution in [0.4, 0.5) is 0 Å². The first-order valence-electron chi connectivity index (χ1n) is 10.6. The third kappa shape index (κ3) is 7.09. The molecule has 10 heteroatoms. The fraction of sp³-hybridized carbons (Fsp3) is 0.750. The minimum atomic E-state index is 0. The number of aliphatic imine (C=N–C) groups is 1. The van der Waals surface area contributed by atoms with Crippen LogP contribution >= 0.6 is 24.0 Å². The number of hydrogen-bond acceptors (Lipinski definition) is 5. The first kappa shape index (κ1) is 24.9. The van der Waals surface area contributed by atoms with Gasteiger partial charge in [-0.25, -0.2) is 4.98 Å². The lowest BCUT2D eigenvalue weighted by Crippen LogP contribution is -2.54. The summed E-state index contributed by atoms with van der Waals surface area (Å²) in [5, 5.41) is 3.45. The Hall–Kier alpha value is -1.40. The Kier molecular flexibility index (Phi) is 10.3. The number of morpholine rings is 1. The number of carbonyl (C=O) groups excluding carboxylic acids is 1. The number of amides is 1. The second-order valence-corrected chi connectivity index (χ2v) is 8.05. The Morgan fingerprint density at radius 2 is 1.87 bits per heavy atom. The zero-order valence-corrected chi connectivity index (χ0v) is 20.7. The minimum Gasteiger partial charge on any atom is -0.378 e. The molecule has 0 radical (unpaired) electrons. The van der Waals surface area contributed by atoms with Crippen LogP contribution in [0.5, 0.6) is 0 Å². The molecule has 170 valence electrons. The van der Waals surface area contributed by atoms with Gasteiger partial charge >= 0.3 is 0 Å². The van der Waals surface area contributed by atoms with E-state index in [1.807, 2.05) is 24.3 Å². The summed E-state index contributed by atoms with van der Waals surface area (Å²) in [5.74, 6) is 2.70. The van der Waals surface area contributed by atoms with Crippen LogP contribution in [0, 0.1) is 5.92 Å². The molecule has 2 aliphatic heterocycles. The zero-order valence-electron chi connectivity index (χ0n) is 18.4. The van der Waals surface area contributed by atoms with E-state index < -0.39 is 0 Å². The van der Waals surface area contributed by atoms with E-state index in [0.29, 0.717) is 45.3 Å². The van der Waals surface area contributed by atoms with Gasteiger partial charge < -0.3 is 24.4 Å². The number of imidazole rings is 1. The SMILES string of the molecule is CN=C(NCc1nccn1CC(C)C)N1CCN(CC(=O)N2CCOCC2)CC1.I. The van der Waals surface area contributed by atoms with Crippen LogP contribution in [0.2, 0.25) is 0 Å². The molecular weight excluding hydrogens is 497 g/mol. The smallest absolute Gasteiger partial charge is 0.236 e. The van der Waals surface area contributed by atoms with Crippen LogP contribution in [-0.4, -0.2) is 102 Å². The van der Waals surface area contributed by atoms with Crippen molar-refractivity contribution < 1.29 is 9.53 Å². The summed E-state index contributed by atoms with van der Waals surface area (Å²) in [7, 11) is 1.82. The topological polar surface area (TPSA) is 78.2 Å². The van der Waals surface area contributed by atoms with Gasteiger partial charge in [-0.05, 0) is 5.92 Å². The lowest BCUT2D eigenvalue weighted by molar-refractivity contribution is -0.136. The zero-order chi connectivity index (χ0) is 20.6. The molecule has 30 heavy (non-hydrogen) atoms. The molecule has 0 spiro atoms. The van der Waals surface area contributed by atoms with Gasteiger partial charge in [0.2, 0.25) is 5.91 Å². The van der Waals surface area contributed by atoms with E-state index in [9.17, 15) is 4.79 Å². The Morgan fingerprint density at radius 1 is 1.17 bits per heavy atom. The van der Waals surface area contributed by atoms with E-state index >= 15 is 0 Å². The van der Waals surface area contributed by atoms with Crippen LogP contribution in [-0.2, 0) is 22.6 Å². The third-order valence-corrected chi connectivity index (χ3v) is 5.37. The number of ether oxygens (including phenoxy) is 1. The summed E-state index contributed by atoms with van der Waals surface area (Å²) >= 11 is 0. The maximum absolute atomic E-state index is 12.4. The van der Waals surface area contributed by atoms with Crippen molar-refractivity contribution in [2.24, 2.45) is 10.9 Å². The first-order valence-corrected chi connectivity index (χ1v) is 10.6. The molecule has 0 aliphatic carbocycles. The second kappa shape index (κ2) is 12.5. The Bertz CT molecular complexity index is 680. The number of hydrogen-bond donors (Lipinski definition) is 1. The van der Waals surface area contributed by atoms with Crippen molar-refractivity contribution in [2.75, 3.05) is 66.1 Å². The number of nitrogens with one attached hydrogen (secondary N) is 1. The van der Waals surface area contributed by atoms with Crippen LogP contribution < -0.4 is 5.32 Å². The summed E-state index contributed by atoms with van der Waals surface area (Å²) in [6, 6.07) is 0. The number of halogens is 1. The van der Waals surface area contributed by atoms with Gasteiger partial charge in [0, 0.05) is 65.3 Å². The summed E-state index contributed by atoms with van der Waals surface area (Å²) in [6.45, 7) is 12.7. The van der Waals surface area contributed by atoms with Crippen molar-refractivity contribution in [3.8, 4) is 0 Å². The largest absolute Gasteiger partial charge is 0.378 e. The van der Waals surface area contributed by atoms with Crippen molar-refractivity contribution in [3.05, 3.63) is 18.2 Å². The van der Waals surface area contributed by atoms with Gasteiger partial charge in [-0.3, -0.25) is 14.7 Å². The van der Waals surface area contributed by atoms with Crippen LogP contribution in [0.15, 0.2) is 17.4 Å².